The third kappa shape index (κ3) is 3.23. The number of pyridine rings is 2. The van der Waals surface area contributed by atoms with Crippen LogP contribution in [0.1, 0.15) is 23.8 Å². The number of piperazine rings is 1. The molecule has 0 atom stereocenters. The Morgan fingerprint density at radius 3 is 2.93 bits per heavy atom. The lowest BCUT2D eigenvalue weighted by Crippen LogP contribution is -2.48. The number of hydrogen-bond acceptors (Lipinski definition) is 7. The van der Waals surface area contributed by atoms with Crippen LogP contribution in [0.4, 0.5) is 17.3 Å². The predicted octanol–water partition coefficient (Wildman–Crippen LogP) is 3.80. The van der Waals surface area contributed by atoms with E-state index in [4.69, 9.17) is 9.97 Å². The average Bonchev–Trinajstić information content (AvgIpc) is 3.53. The largest absolute Gasteiger partial charge is 0.353 e. The first-order valence-electron chi connectivity index (χ1n) is 10.2. The molecule has 3 aromatic heterocycles. The van der Waals surface area contributed by atoms with E-state index in [1.165, 1.54) is 22.5 Å². The van der Waals surface area contributed by atoms with Crippen molar-refractivity contribution in [3.63, 3.8) is 0 Å². The molecule has 8 heteroatoms. The van der Waals surface area contributed by atoms with Crippen molar-refractivity contribution >= 4 is 55.7 Å². The Morgan fingerprint density at radius 1 is 1.13 bits per heavy atom. The molecule has 4 aromatic rings. The summed E-state index contributed by atoms with van der Waals surface area (Å²) in [5.74, 6) is 2.18. The second-order valence-electron chi connectivity index (χ2n) is 7.80. The van der Waals surface area contributed by atoms with E-state index < -0.39 is 0 Å². The lowest BCUT2D eigenvalue weighted by molar-refractivity contribution is -0.120. The van der Waals surface area contributed by atoms with Crippen molar-refractivity contribution in [1.29, 1.82) is 0 Å². The van der Waals surface area contributed by atoms with Gasteiger partial charge in [-0.15, -0.1) is 11.3 Å². The molecule has 1 aromatic carbocycles. The van der Waals surface area contributed by atoms with Crippen LogP contribution >= 0.6 is 11.3 Å². The summed E-state index contributed by atoms with van der Waals surface area (Å²) >= 11 is 1.79. The third-order valence-electron chi connectivity index (χ3n) is 5.54. The van der Waals surface area contributed by atoms with Crippen LogP contribution in [0, 0.1) is 0 Å². The Kier molecular flexibility index (Phi) is 4.05. The van der Waals surface area contributed by atoms with Crippen molar-refractivity contribution in [1.82, 2.24) is 20.3 Å². The summed E-state index contributed by atoms with van der Waals surface area (Å²) in [7, 11) is 0. The van der Waals surface area contributed by atoms with Crippen LogP contribution in [0.5, 0.6) is 0 Å². The third-order valence-corrected chi connectivity index (χ3v) is 6.72. The Balaban J connectivity index is 1.38. The van der Waals surface area contributed by atoms with Gasteiger partial charge in [-0.2, -0.15) is 0 Å². The minimum Gasteiger partial charge on any atom is -0.353 e. The molecule has 0 bridgehead atoms. The van der Waals surface area contributed by atoms with Crippen molar-refractivity contribution in [3.05, 3.63) is 47.6 Å². The first-order chi connectivity index (χ1) is 14.7. The van der Waals surface area contributed by atoms with Crippen LogP contribution in [0.15, 0.2) is 42.6 Å². The summed E-state index contributed by atoms with van der Waals surface area (Å²) in [5, 5.41) is 8.54. The molecule has 6 rings (SSSR count). The highest BCUT2D eigenvalue weighted by molar-refractivity contribution is 7.18. The molecule has 1 saturated heterocycles. The fourth-order valence-corrected chi connectivity index (χ4v) is 4.99. The standard InChI is InChI=1S/C22H20N6OS/c29-20-12-28(9-8-24-20)19-11-17-15(2-1-7-23-17)21(27-19)25-14-5-6-16-18(10-14)30-22(26-16)13-3-4-13/h1-2,5-7,10-11,13H,3-4,8-9,12H2,(H,24,29)(H,25,27). The smallest absolute Gasteiger partial charge is 0.239 e. The van der Waals surface area contributed by atoms with Gasteiger partial charge in [-0.1, -0.05) is 0 Å². The van der Waals surface area contributed by atoms with Crippen LogP contribution in [0.3, 0.4) is 0 Å². The maximum atomic E-state index is 11.8. The van der Waals surface area contributed by atoms with Gasteiger partial charge in [0.2, 0.25) is 5.91 Å². The Morgan fingerprint density at radius 2 is 2.07 bits per heavy atom. The summed E-state index contributed by atoms with van der Waals surface area (Å²) < 4.78 is 1.19. The summed E-state index contributed by atoms with van der Waals surface area (Å²) in [6, 6.07) is 12.1. The fraction of sp³-hybridized carbons (Fsp3) is 0.273. The molecular formula is C22H20N6OS. The number of benzene rings is 1. The molecule has 2 fully saturated rings. The highest BCUT2D eigenvalue weighted by atomic mass is 32.1. The lowest BCUT2D eigenvalue weighted by atomic mass is 10.2. The quantitative estimate of drug-likeness (QED) is 0.527. The molecule has 1 saturated carbocycles. The molecular weight excluding hydrogens is 396 g/mol. The molecule has 2 aliphatic rings. The number of hydrogen-bond donors (Lipinski definition) is 2. The number of carbonyl (C=O) groups is 1. The van der Waals surface area contributed by atoms with E-state index >= 15 is 0 Å². The van der Waals surface area contributed by atoms with Gasteiger partial charge in [0, 0.05) is 42.3 Å². The minimum absolute atomic E-state index is 0.0146. The Labute approximate surface area is 177 Å². The maximum absolute atomic E-state index is 11.8. The highest BCUT2D eigenvalue weighted by Gasteiger charge is 2.27. The molecule has 30 heavy (non-hydrogen) atoms. The summed E-state index contributed by atoms with van der Waals surface area (Å²) in [5.41, 5.74) is 2.88. The average molecular weight is 417 g/mol. The summed E-state index contributed by atoms with van der Waals surface area (Å²) in [6.45, 7) is 1.66. The van der Waals surface area contributed by atoms with Crippen LogP contribution < -0.4 is 15.5 Å². The van der Waals surface area contributed by atoms with E-state index in [0.717, 1.165) is 40.3 Å². The van der Waals surface area contributed by atoms with Gasteiger partial charge in [0.05, 0.1) is 27.3 Å². The van der Waals surface area contributed by atoms with E-state index in [1.807, 2.05) is 29.2 Å². The van der Waals surface area contributed by atoms with Crippen molar-refractivity contribution < 1.29 is 4.79 Å². The molecule has 0 radical (unpaired) electrons. The van der Waals surface area contributed by atoms with Gasteiger partial charge in [-0.25, -0.2) is 9.97 Å². The number of thiazole rings is 1. The number of nitrogens with zero attached hydrogens (tertiary/aromatic N) is 4. The number of amides is 1. The topological polar surface area (TPSA) is 83.0 Å². The molecule has 2 N–H and O–H groups in total. The van der Waals surface area contributed by atoms with Crippen molar-refractivity contribution in [2.24, 2.45) is 0 Å². The van der Waals surface area contributed by atoms with E-state index in [9.17, 15) is 4.79 Å². The van der Waals surface area contributed by atoms with E-state index in [2.05, 4.69) is 27.8 Å². The molecule has 1 aliphatic carbocycles. The second kappa shape index (κ2) is 6.91. The van der Waals surface area contributed by atoms with Gasteiger partial charge in [-0.05, 0) is 43.2 Å². The molecule has 150 valence electrons. The SMILES string of the molecule is O=C1CN(c2cc3ncccc3c(Nc3ccc4nc(C5CC5)sc4c3)n2)CCN1. The van der Waals surface area contributed by atoms with Gasteiger partial charge in [0.1, 0.15) is 11.6 Å². The number of aromatic nitrogens is 3. The van der Waals surface area contributed by atoms with E-state index in [-0.39, 0.29) is 5.91 Å². The highest BCUT2D eigenvalue weighted by Crippen LogP contribution is 2.43. The first kappa shape index (κ1) is 17.6. The molecule has 1 aliphatic heterocycles. The number of carbonyl (C=O) groups excluding carboxylic acids is 1. The van der Waals surface area contributed by atoms with Crippen LogP contribution in [-0.2, 0) is 4.79 Å². The summed E-state index contributed by atoms with van der Waals surface area (Å²) in [4.78, 5) is 28.0. The van der Waals surface area contributed by atoms with E-state index in [1.54, 1.807) is 17.5 Å². The maximum Gasteiger partial charge on any atom is 0.239 e. The molecule has 7 nitrogen and oxygen atoms in total. The molecule has 1 amide bonds. The zero-order chi connectivity index (χ0) is 20.1. The van der Waals surface area contributed by atoms with Crippen molar-refractivity contribution in [2.45, 2.75) is 18.8 Å². The molecule has 0 unspecified atom stereocenters. The van der Waals surface area contributed by atoms with Gasteiger partial charge >= 0.3 is 0 Å². The molecule has 0 spiro atoms. The fourth-order valence-electron chi connectivity index (χ4n) is 3.82. The Hall–Kier alpha value is -3.26. The monoisotopic (exact) mass is 416 g/mol. The van der Waals surface area contributed by atoms with Crippen LogP contribution in [0.25, 0.3) is 21.1 Å². The zero-order valence-corrected chi connectivity index (χ0v) is 17.1. The first-order valence-corrected chi connectivity index (χ1v) is 11.0. The second-order valence-corrected chi connectivity index (χ2v) is 8.87. The number of fused-ring (bicyclic) bond motifs is 2. The Bertz CT molecular complexity index is 1280. The number of nitrogens with one attached hydrogen (secondary N) is 2. The van der Waals surface area contributed by atoms with E-state index in [0.29, 0.717) is 19.0 Å². The van der Waals surface area contributed by atoms with Gasteiger partial charge < -0.3 is 15.5 Å². The number of rotatable bonds is 4. The van der Waals surface area contributed by atoms with Crippen molar-refractivity contribution in [2.75, 3.05) is 29.9 Å². The minimum atomic E-state index is 0.0146. The number of anilines is 3. The zero-order valence-electron chi connectivity index (χ0n) is 16.3. The van der Waals surface area contributed by atoms with Crippen molar-refractivity contribution in [3.8, 4) is 0 Å². The lowest BCUT2D eigenvalue weighted by Gasteiger charge is -2.28. The molecule has 4 heterocycles. The van der Waals surface area contributed by atoms with Gasteiger partial charge in [0.25, 0.3) is 0 Å². The van der Waals surface area contributed by atoms with Crippen LogP contribution in [-0.4, -0.2) is 40.5 Å². The van der Waals surface area contributed by atoms with Gasteiger partial charge in [0.15, 0.2) is 0 Å². The normalized spacial score (nSPS) is 16.8. The summed E-state index contributed by atoms with van der Waals surface area (Å²) in [6.07, 6.45) is 4.30. The predicted molar refractivity (Wildman–Crippen MR) is 120 cm³/mol. The van der Waals surface area contributed by atoms with Gasteiger partial charge in [-0.3, -0.25) is 9.78 Å². The van der Waals surface area contributed by atoms with Crippen LogP contribution in [0.2, 0.25) is 0 Å².